The third kappa shape index (κ3) is 4.15. The van der Waals surface area contributed by atoms with Crippen LogP contribution in [0.25, 0.3) is 11.3 Å². The summed E-state index contributed by atoms with van der Waals surface area (Å²) in [5.74, 6) is 0.855. The van der Waals surface area contributed by atoms with Crippen molar-refractivity contribution in [2.45, 2.75) is 0 Å². The third-order valence-corrected chi connectivity index (χ3v) is 4.02. The summed E-state index contributed by atoms with van der Waals surface area (Å²) in [7, 11) is 5.26. The van der Waals surface area contributed by atoms with Crippen LogP contribution in [0.4, 0.5) is 0 Å². The van der Waals surface area contributed by atoms with Crippen LogP contribution in [0.5, 0.6) is 5.75 Å². The number of halogens is 1. The van der Waals surface area contributed by atoms with Gasteiger partial charge in [-0.2, -0.15) is 4.68 Å². The maximum atomic E-state index is 13.1. The number of tetrazole rings is 1. The molecule has 138 valence electrons. The lowest BCUT2D eigenvalue weighted by Crippen LogP contribution is -2.13. The molecule has 3 aromatic rings. The quantitative estimate of drug-likeness (QED) is 0.481. The normalized spacial score (nSPS) is 11.3. The Bertz CT molecular complexity index is 963. The molecule has 0 saturated carbocycles. The summed E-state index contributed by atoms with van der Waals surface area (Å²) >= 11 is 5.93. The van der Waals surface area contributed by atoms with E-state index < -0.39 is 0 Å². The molecule has 0 amide bonds. The molecule has 0 aliphatic rings. The van der Waals surface area contributed by atoms with E-state index in [2.05, 4.69) is 15.5 Å². The van der Waals surface area contributed by atoms with Gasteiger partial charge < -0.3 is 9.64 Å². The van der Waals surface area contributed by atoms with E-state index in [4.69, 9.17) is 16.3 Å². The highest BCUT2D eigenvalue weighted by atomic mass is 35.5. The van der Waals surface area contributed by atoms with Crippen LogP contribution in [0, 0.1) is 0 Å². The van der Waals surface area contributed by atoms with Crippen molar-refractivity contribution in [3.8, 4) is 11.4 Å². The van der Waals surface area contributed by atoms with Gasteiger partial charge in [0, 0.05) is 30.9 Å². The molecule has 0 radical (unpaired) electrons. The van der Waals surface area contributed by atoms with Gasteiger partial charge in [-0.1, -0.05) is 11.6 Å². The Morgan fingerprint density at radius 1 is 1.11 bits per heavy atom. The predicted octanol–water partition coefficient (Wildman–Crippen LogP) is 3.11. The van der Waals surface area contributed by atoms with Crippen LogP contribution < -0.4 is 4.74 Å². The fraction of sp³-hybridized carbons (Fsp3) is 0.158. The van der Waals surface area contributed by atoms with E-state index in [-0.39, 0.29) is 5.78 Å². The zero-order valence-corrected chi connectivity index (χ0v) is 15.9. The second-order valence-electron chi connectivity index (χ2n) is 5.95. The first-order valence-corrected chi connectivity index (χ1v) is 8.49. The molecule has 27 heavy (non-hydrogen) atoms. The summed E-state index contributed by atoms with van der Waals surface area (Å²) in [5, 5.41) is 12.4. The number of aromatic nitrogens is 4. The highest BCUT2D eigenvalue weighted by Crippen LogP contribution is 2.23. The minimum atomic E-state index is -0.204. The molecule has 1 aromatic heterocycles. The zero-order valence-electron chi connectivity index (χ0n) is 15.1. The summed E-state index contributed by atoms with van der Waals surface area (Å²) in [6.45, 7) is 0. The smallest absolute Gasteiger partial charge is 0.198 e. The Hall–Kier alpha value is -3.19. The molecule has 7 nitrogen and oxygen atoms in total. The summed E-state index contributed by atoms with van der Waals surface area (Å²) < 4.78 is 6.70. The molecule has 0 saturated heterocycles. The van der Waals surface area contributed by atoms with Gasteiger partial charge in [-0.25, -0.2) is 0 Å². The monoisotopic (exact) mass is 383 g/mol. The number of rotatable bonds is 6. The van der Waals surface area contributed by atoms with Crippen molar-refractivity contribution in [2.24, 2.45) is 0 Å². The molecular formula is C19H18ClN5O2. The molecule has 0 spiro atoms. The molecule has 0 bridgehead atoms. The predicted molar refractivity (Wildman–Crippen MR) is 103 cm³/mol. The van der Waals surface area contributed by atoms with E-state index >= 15 is 0 Å². The average molecular weight is 384 g/mol. The van der Waals surface area contributed by atoms with Gasteiger partial charge in [0.1, 0.15) is 5.75 Å². The number of carbonyl (C=O) groups is 1. The summed E-state index contributed by atoms with van der Waals surface area (Å²) in [5.41, 5.74) is 1.57. The lowest BCUT2D eigenvalue weighted by molar-refractivity contribution is 0.105. The van der Waals surface area contributed by atoms with Gasteiger partial charge in [-0.3, -0.25) is 4.79 Å². The molecule has 8 heteroatoms. The molecule has 0 fully saturated rings. The van der Waals surface area contributed by atoms with Crippen LogP contribution in [-0.4, -0.2) is 52.1 Å². The summed E-state index contributed by atoms with van der Waals surface area (Å²) in [4.78, 5) is 14.9. The van der Waals surface area contributed by atoms with Crippen molar-refractivity contribution in [3.63, 3.8) is 0 Å². The maximum absolute atomic E-state index is 13.1. The maximum Gasteiger partial charge on any atom is 0.198 e. The van der Waals surface area contributed by atoms with Crippen LogP contribution in [0.1, 0.15) is 16.2 Å². The molecule has 0 N–H and O–H groups in total. The van der Waals surface area contributed by atoms with E-state index in [9.17, 15) is 4.79 Å². The van der Waals surface area contributed by atoms with Crippen LogP contribution >= 0.6 is 11.6 Å². The molecule has 0 atom stereocenters. The Kier molecular flexibility index (Phi) is 5.52. The molecule has 1 heterocycles. The lowest BCUT2D eigenvalue weighted by Gasteiger charge is -2.12. The Labute approximate surface area is 161 Å². The zero-order chi connectivity index (χ0) is 19.4. The van der Waals surface area contributed by atoms with E-state index in [0.717, 1.165) is 5.75 Å². The highest BCUT2D eigenvalue weighted by molar-refractivity contribution is 6.31. The first kappa shape index (κ1) is 18.6. The van der Waals surface area contributed by atoms with Crippen molar-refractivity contribution >= 4 is 23.0 Å². The standard InChI is InChI=1S/C19H18ClN5O2/c1-24(2)12-17(18(26)13-4-6-14(20)7-5-13)19-21-22-23-25(19)15-8-10-16(27-3)11-9-15/h4-12H,1-3H3/b17-12-. The fourth-order valence-electron chi connectivity index (χ4n) is 2.49. The third-order valence-electron chi connectivity index (χ3n) is 3.77. The molecule has 0 aliphatic carbocycles. The van der Waals surface area contributed by atoms with Gasteiger partial charge in [0.05, 0.1) is 18.4 Å². The molecule has 2 aromatic carbocycles. The Morgan fingerprint density at radius 2 is 1.78 bits per heavy atom. The molecule has 0 aliphatic heterocycles. The number of nitrogens with zero attached hydrogens (tertiary/aromatic N) is 5. The number of allylic oxidation sites excluding steroid dienone is 1. The minimum absolute atomic E-state index is 0.204. The number of methoxy groups -OCH3 is 1. The second-order valence-corrected chi connectivity index (χ2v) is 6.39. The average Bonchev–Trinajstić information content (AvgIpc) is 3.15. The molecular weight excluding hydrogens is 366 g/mol. The Balaban J connectivity index is 2.05. The van der Waals surface area contributed by atoms with E-state index in [1.807, 2.05) is 26.2 Å². The van der Waals surface area contributed by atoms with Crippen LogP contribution in [-0.2, 0) is 0 Å². The van der Waals surface area contributed by atoms with Gasteiger partial charge in [0.15, 0.2) is 11.6 Å². The number of Topliss-reactive ketones (excluding diaryl/α,β-unsaturated/α-hetero) is 1. The molecule has 3 rings (SSSR count). The largest absolute Gasteiger partial charge is 0.497 e. The topological polar surface area (TPSA) is 73.1 Å². The Morgan fingerprint density at radius 3 is 2.37 bits per heavy atom. The number of hydrogen-bond acceptors (Lipinski definition) is 6. The summed E-state index contributed by atoms with van der Waals surface area (Å²) in [6, 6.07) is 13.9. The lowest BCUT2D eigenvalue weighted by atomic mass is 10.0. The van der Waals surface area contributed by atoms with Crippen molar-refractivity contribution < 1.29 is 9.53 Å². The van der Waals surface area contributed by atoms with Crippen LogP contribution in [0.15, 0.2) is 54.7 Å². The SMILES string of the molecule is COc1ccc(-n2nnnc2/C(=C\N(C)C)C(=O)c2ccc(Cl)cc2)cc1. The van der Waals surface area contributed by atoms with Crippen molar-refractivity contribution in [3.05, 3.63) is 71.1 Å². The van der Waals surface area contributed by atoms with Gasteiger partial charge in [-0.15, -0.1) is 5.10 Å². The molecule has 0 unspecified atom stereocenters. The highest BCUT2D eigenvalue weighted by Gasteiger charge is 2.22. The number of hydrogen-bond donors (Lipinski definition) is 0. The number of ether oxygens (including phenoxy) is 1. The van der Waals surface area contributed by atoms with E-state index in [1.54, 1.807) is 54.6 Å². The number of ketones is 1. The van der Waals surface area contributed by atoms with Crippen LogP contribution in [0.3, 0.4) is 0 Å². The van der Waals surface area contributed by atoms with Crippen molar-refractivity contribution in [2.75, 3.05) is 21.2 Å². The van der Waals surface area contributed by atoms with Gasteiger partial charge in [-0.05, 0) is 59.0 Å². The van der Waals surface area contributed by atoms with Crippen molar-refractivity contribution in [1.29, 1.82) is 0 Å². The van der Waals surface area contributed by atoms with E-state index in [1.165, 1.54) is 4.68 Å². The van der Waals surface area contributed by atoms with E-state index in [0.29, 0.717) is 27.7 Å². The summed E-state index contributed by atoms with van der Waals surface area (Å²) in [6.07, 6.45) is 1.70. The number of carbonyl (C=O) groups excluding carboxylic acids is 1. The van der Waals surface area contributed by atoms with Gasteiger partial charge >= 0.3 is 0 Å². The number of benzene rings is 2. The van der Waals surface area contributed by atoms with Gasteiger partial charge in [0.2, 0.25) is 0 Å². The minimum Gasteiger partial charge on any atom is -0.497 e. The first-order chi connectivity index (χ1) is 13.0. The van der Waals surface area contributed by atoms with Gasteiger partial charge in [0.25, 0.3) is 0 Å². The van der Waals surface area contributed by atoms with Crippen molar-refractivity contribution in [1.82, 2.24) is 25.1 Å². The second kappa shape index (κ2) is 8.01. The first-order valence-electron chi connectivity index (χ1n) is 8.11. The van der Waals surface area contributed by atoms with Crippen LogP contribution in [0.2, 0.25) is 5.02 Å². The fourth-order valence-corrected chi connectivity index (χ4v) is 2.61.